The van der Waals surface area contributed by atoms with Crippen molar-refractivity contribution in [1.29, 1.82) is 5.26 Å². The Hall–Kier alpha value is -4.00. The number of hydrogen-bond donors (Lipinski definition) is 1. The number of nitrogens with zero attached hydrogens (tertiary/aromatic N) is 6. The first-order valence-electron chi connectivity index (χ1n) is 12.9. The van der Waals surface area contributed by atoms with Gasteiger partial charge in [-0.1, -0.05) is 17.7 Å². The van der Waals surface area contributed by atoms with Crippen molar-refractivity contribution in [2.24, 2.45) is 7.05 Å². The second-order valence-corrected chi connectivity index (χ2v) is 10.4. The lowest BCUT2D eigenvalue weighted by Crippen LogP contribution is -2.45. The summed E-state index contributed by atoms with van der Waals surface area (Å²) in [6.45, 7) is 7.70. The number of hydrogen-bond acceptors (Lipinski definition) is 8. The number of aryl methyl sites for hydroxylation is 1. The van der Waals surface area contributed by atoms with Gasteiger partial charge < -0.3 is 19.5 Å². The molecule has 4 heterocycles. The van der Waals surface area contributed by atoms with Crippen LogP contribution in [0.5, 0.6) is 0 Å². The van der Waals surface area contributed by atoms with Crippen LogP contribution < -0.4 is 15.8 Å². The van der Waals surface area contributed by atoms with Crippen LogP contribution in [0.4, 0.5) is 11.4 Å². The predicted octanol–water partition coefficient (Wildman–Crippen LogP) is 4.63. The first kappa shape index (κ1) is 26.6. The summed E-state index contributed by atoms with van der Waals surface area (Å²) < 4.78 is 7.45. The van der Waals surface area contributed by atoms with Gasteiger partial charge in [0.1, 0.15) is 17.0 Å². The average Bonchev–Trinajstić information content (AvgIpc) is 2.91. The molecule has 4 aromatic rings. The first-order valence-corrected chi connectivity index (χ1v) is 13.3. The molecule has 200 valence electrons. The molecule has 1 N–H and O–H groups in total. The van der Waals surface area contributed by atoms with Crippen molar-refractivity contribution >= 4 is 33.9 Å². The van der Waals surface area contributed by atoms with Crippen LogP contribution >= 0.6 is 11.6 Å². The molecule has 1 fully saturated rings. The van der Waals surface area contributed by atoms with E-state index < -0.39 is 0 Å². The lowest BCUT2D eigenvalue weighted by Gasteiger charge is -2.36. The number of rotatable bonds is 6. The Morgan fingerprint density at radius 3 is 2.56 bits per heavy atom. The molecule has 0 saturated carbocycles. The quantitative estimate of drug-likeness (QED) is 0.351. The molecule has 5 rings (SSSR count). The minimum atomic E-state index is -0.246. The van der Waals surface area contributed by atoms with E-state index in [-0.39, 0.29) is 29.0 Å². The van der Waals surface area contributed by atoms with Gasteiger partial charge >= 0.3 is 0 Å². The number of fused-ring (bicyclic) bond motifs is 1. The van der Waals surface area contributed by atoms with E-state index in [1.807, 2.05) is 37.5 Å². The molecule has 0 bridgehead atoms. The zero-order valence-electron chi connectivity index (χ0n) is 22.3. The van der Waals surface area contributed by atoms with Gasteiger partial charge in [-0.2, -0.15) is 5.26 Å². The maximum absolute atomic E-state index is 12.8. The first-order chi connectivity index (χ1) is 18.7. The monoisotopic (exact) mass is 543 g/mol. The largest absolute Gasteiger partial charge is 0.375 e. The standard InChI is InChI=1S/C29H30ClN7O2/c1-17-15-37(16-18(2)39-17)22-13-33-29(34-14-22)19(3)35-25-11-27(38)36(4)26-6-5-20(10-23(25)26)9-21-7-8-32-28(30)24(21)12-31/h5-8,10-11,13-14,17-19,35H,9,15-16H2,1-4H3/t17-,18+,19?. The SMILES string of the molecule is CC(Nc1cc(=O)n(C)c2ccc(Cc3ccnc(Cl)c3C#N)cc12)c1ncc(N2C[C@@H](C)O[C@@H](C)C2)cn1. The highest BCUT2D eigenvalue weighted by Gasteiger charge is 2.23. The van der Waals surface area contributed by atoms with Gasteiger partial charge in [-0.15, -0.1) is 0 Å². The molecule has 3 aromatic heterocycles. The van der Waals surface area contributed by atoms with Gasteiger partial charge in [0.2, 0.25) is 0 Å². The number of nitriles is 1. The highest BCUT2D eigenvalue weighted by molar-refractivity contribution is 6.30. The molecule has 0 amide bonds. The van der Waals surface area contributed by atoms with Crippen molar-refractivity contribution in [2.45, 2.75) is 45.4 Å². The molecule has 39 heavy (non-hydrogen) atoms. The number of morpholine rings is 1. The van der Waals surface area contributed by atoms with E-state index in [1.54, 1.807) is 29.9 Å². The normalized spacial score (nSPS) is 18.1. The van der Waals surface area contributed by atoms with Gasteiger partial charge in [-0.25, -0.2) is 15.0 Å². The minimum Gasteiger partial charge on any atom is -0.375 e. The van der Waals surface area contributed by atoms with Crippen molar-refractivity contribution in [3.63, 3.8) is 0 Å². The predicted molar refractivity (Wildman–Crippen MR) is 152 cm³/mol. The highest BCUT2D eigenvalue weighted by Crippen LogP contribution is 2.28. The van der Waals surface area contributed by atoms with E-state index in [4.69, 9.17) is 16.3 Å². The lowest BCUT2D eigenvalue weighted by atomic mass is 10.00. The fourth-order valence-corrected chi connectivity index (χ4v) is 5.32. The Labute approximate surface area is 232 Å². The summed E-state index contributed by atoms with van der Waals surface area (Å²) in [5.74, 6) is 0.628. The molecule has 3 atom stereocenters. The van der Waals surface area contributed by atoms with Crippen LogP contribution in [0.2, 0.25) is 5.15 Å². The van der Waals surface area contributed by atoms with Crippen LogP contribution in [0.1, 0.15) is 49.3 Å². The number of nitrogens with one attached hydrogen (secondary N) is 1. The zero-order valence-corrected chi connectivity index (χ0v) is 23.1. The van der Waals surface area contributed by atoms with Gasteiger partial charge in [0.05, 0.1) is 47.4 Å². The van der Waals surface area contributed by atoms with E-state index in [1.165, 1.54) is 0 Å². The minimum absolute atomic E-state index is 0.121. The number of aromatic nitrogens is 4. The van der Waals surface area contributed by atoms with Gasteiger partial charge in [-0.05, 0) is 56.5 Å². The molecule has 0 spiro atoms. The van der Waals surface area contributed by atoms with Gasteiger partial charge in [0.25, 0.3) is 5.56 Å². The number of ether oxygens (including phenoxy) is 1. The number of benzene rings is 1. The number of halogens is 1. The van der Waals surface area contributed by atoms with E-state index in [0.29, 0.717) is 23.5 Å². The molecule has 10 heteroatoms. The van der Waals surface area contributed by atoms with Crippen molar-refractivity contribution < 1.29 is 4.74 Å². The molecule has 0 aliphatic carbocycles. The van der Waals surface area contributed by atoms with Crippen LogP contribution in [0.3, 0.4) is 0 Å². The number of anilines is 2. The van der Waals surface area contributed by atoms with Crippen LogP contribution in [-0.2, 0) is 18.2 Å². The third-order valence-corrected chi connectivity index (χ3v) is 7.30. The Morgan fingerprint density at radius 2 is 1.87 bits per heavy atom. The summed E-state index contributed by atoms with van der Waals surface area (Å²) in [6.07, 6.45) is 6.09. The molecule has 1 aliphatic rings. The molecule has 1 aromatic carbocycles. The van der Waals surface area contributed by atoms with E-state index in [0.717, 1.165) is 40.8 Å². The molecular formula is C29H30ClN7O2. The average molecular weight is 544 g/mol. The Morgan fingerprint density at radius 1 is 1.15 bits per heavy atom. The topological polar surface area (TPSA) is 109 Å². The zero-order chi connectivity index (χ0) is 27.7. The van der Waals surface area contributed by atoms with Crippen LogP contribution in [0, 0.1) is 11.3 Å². The lowest BCUT2D eigenvalue weighted by molar-refractivity contribution is -0.00525. The van der Waals surface area contributed by atoms with Gasteiger partial charge in [-0.3, -0.25) is 4.79 Å². The molecule has 1 saturated heterocycles. The summed E-state index contributed by atoms with van der Waals surface area (Å²) in [7, 11) is 1.75. The smallest absolute Gasteiger partial charge is 0.252 e. The third kappa shape index (κ3) is 5.58. The van der Waals surface area contributed by atoms with Crippen LogP contribution in [0.25, 0.3) is 10.9 Å². The summed E-state index contributed by atoms with van der Waals surface area (Å²) >= 11 is 6.13. The third-order valence-electron chi connectivity index (χ3n) is 7.01. The maximum Gasteiger partial charge on any atom is 0.252 e. The van der Waals surface area contributed by atoms with Crippen LogP contribution in [0.15, 0.2) is 53.7 Å². The van der Waals surface area contributed by atoms with E-state index in [9.17, 15) is 10.1 Å². The van der Waals surface area contributed by atoms with Crippen LogP contribution in [-0.4, -0.2) is 44.8 Å². The summed E-state index contributed by atoms with van der Waals surface area (Å²) in [6, 6.07) is 11.2. The number of pyridine rings is 2. The molecular weight excluding hydrogens is 514 g/mol. The molecule has 9 nitrogen and oxygen atoms in total. The van der Waals surface area contributed by atoms with E-state index in [2.05, 4.69) is 45.1 Å². The Kier molecular flexibility index (Phi) is 7.51. The van der Waals surface area contributed by atoms with Crippen molar-refractivity contribution in [3.8, 4) is 6.07 Å². The molecule has 0 radical (unpaired) electrons. The molecule has 1 unspecified atom stereocenters. The fourth-order valence-electron chi connectivity index (χ4n) is 5.10. The second kappa shape index (κ2) is 11.0. The van der Waals surface area contributed by atoms with Crippen molar-refractivity contribution in [2.75, 3.05) is 23.3 Å². The van der Waals surface area contributed by atoms with Gasteiger partial charge in [0, 0.05) is 43.5 Å². The summed E-state index contributed by atoms with van der Waals surface area (Å²) in [4.78, 5) is 28.3. The van der Waals surface area contributed by atoms with Gasteiger partial charge in [0.15, 0.2) is 0 Å². The van der Waals surface area contributed by atoms with E-state index >= 15 is 0 Å². The van der Waals surface area contributed by atoms with Crippen molar-refractivity contribution in [3.05, 3.63) is 86.9 Å². The highest BCUT2D eigenvalue weighted by atomic mass is 35.5. The molecule has 1 aliphatic heterocycles. The maximum atomic E-state index is 12.8. The fraction of sp³-hybridized carbons (Fsp3) is 0.345. The Balaban J connectivity index is 1.42. The second-order valence-electron chi connectivity index (χ2n) is 10.1. The summed E-state index contributed by atoms with van der Waals surface area (Å²) in [5, 5.41) is 14.1. The summed E-state index contributed by atoms with van der Waals surface area (Å²) in [5.41, 5.74) is 4.47. The van der Waals surface area contributed by atoms with Crippen molar-refractivity contribution in [1.82, 2.24) is 19.5 Å². The Bertz CT molecular complexity index is 1600.